The average molecular weight is 250 g/mol. The number of nitrogen functional groups attached to an aromatic ring is 1. The fourth-order valence-electron chi connectivity index (χ4n) is 1.33. The number of halogens is 3. The third kappa shape index (κ3) is 5.23. The Hall–Kier alpha value is -1.73. The van der Waals surface area contributed by atoms with Crippen molar-refractivity contribution in [2.75, 3.05) is 5.73 Å². The van der Waals surface area contributed by atoms with E-state index in [0.717, 1.165) is 0 Å². The van der Waals surface area contributed by atoms with Crippen LogP contribution in [0, 0.1) is 0 Å². The highest BCUT2D eigenvalue weighted by molar-refractivity contribution is 5.75. The summed E-state index contributed by atoms with van der Waals surface area (Å²) < 4.78 is 37.3. The number of anilines is 1. The standard InChI is InChI=1S/C9H13F3N4O/c1-6(2-9(10,11)12)15-8(17)5-16-4-7(13)3-14-16/h3-4,6H,2,5,13H2,1H3,(H,15,17). The number of hydrogen-bond donors (Lipinski definition) is 2. The fourth-order valence-corrected chi connectivity index (χ4v) is 1.33. The molecule has 0 spiro atoms. The van der Waals surface area contributed by atoms with Gasteiger partial charge in [0.05, 0.1) is 18.3 Å². The number of hydrogen-bond acceptors (Lipinski definition) is 3. The minimum atomic E-state index is -4.29. The Labute approximate surface area is 95.8 Å². The van der Waals surface area contributed by atoms with Crippen LogP contribution in [0.5, 0.6) is 0 Å². The molecule has 1 amide bonds. The lowest BCUT2D eigenvalue weighted by Gasteiger charge is -2.15. The van der Waals surface area contributed by atoms with Gasteiger partial charge in [-0.05, 0) is 6.92 Å². The summed E-state index contributed by atoms with van der Waals surface area (Å²) in [6.45, 7) is 1.14. The number of nitrogens with zero attached hydrogens (tertiary/aromatic N) is 2. The maximum Gasteiger partial charge on any atom is 0.391 e. The van der Waals surface area contributed by atoms with Gasteiger partial charge in [0, 0.05) is 12.2 Å². The summed E-state index contributed by atoms with van der Waals surface area (Å²) in [4.78, 5) is 11.3. The Kier molecular flexibility index (Phi) is 3.97. The first-order valence-corrected chi connectivity index (χ1v) is 4.90. The smallest absolute Gasteiger partial charge is 0.391 e. The molecule has 0 aromatic carbocycles. The van der Waals surface area contributed by atoms with Gasteiger partial charge >= 0.3 is 6.18 Å². The molecule has 0 saturated carbocycles. The summed E-state index contributed by atoms with van der Waals surface area (Å²) in [5.74, 6) is -0.537. The van der Waals surface area contributed by atoms with Crippen molar-refractivity contribution in [3.8, 4) is 0 Å². The molecule has 1 aromatic heterocycles. The quantitative estimate of drug-likeness (QED) is 0.834. The SMILES string of the molecule is CC(CC(F)(F)F)NC(=O)Cn1cc(N)cn1. The van der Waals surface area contributed by atoms with Crippen LogP contribution in [0.1, 0.15) is 13.3 Å². The highest BCUT2D eigenvalue weighted by Gasteiger charge is 2.30. The molecule has 0 aliphatic heterocycles. The lowest BCUT2D eigenvalue weighted by Crippen LogP contribution is -2.37. The molecule has 1 heterocycles. The maximum absolute atomic E-state index is 12.0. The molecule has 17 heavy (non-hydrogen) atoms. The number of carbonyl (C=O) groups is 1. The van der Waals surface area contributed by atoms with Gasteiger partial charge < -0.3 is 11.1 Å². The van der Waals surface area contributed by atoms with Gasteiger partial charge in [0.25, 0.3) is 0 Å². The predicted octanol–water partition coefficient (Wildman–Crippen LogP) is 0.922. The van der Waals surface area contributed by atoms with Gasteiger partial charge in [-0.15, -0.1) is 0 Å². The van der Waals surface area contributed by atoms with Gasteiger partial charge in [-0.25, -0.2) is 0 Å². The van der Waals surface area contributed by atoms with E-state index in [9.17, 15) is 18.0 Å². The van der Waals surface area contributed by atoms with Crippen LogP contribution in [-0.2, 0) is 11.3 Å². The minimum absolute atomic E-state index is 0.153. The van der Waals surface area contributed by atoms with Crippen LogP contribution in [0.4, 0.5) is 18.9 Å². The Bertz CT molecular complexity index is 388. The van der Waals surface area contributed by atoms with Crippen molar-refractivity contribution in [1.82, 2.24) is 15.1 Å². The van der Waals surface area contributed by atoms with Gasteiger partial charge in [0.2, 0.25) is 5.91 Å². The van der Waals surface area contributed by atoms with E-state index in [2.05, 4.69) is 10.4 Å². The van der Waals surface area contributed by atoms with Crippen LogP contribution < -0.4 is 11.1 Å². The number of aromatic nitrogens is 2. The van der Waals surface area contributed by atoms with Crippen LogP contribution in [0.3, 0.4) is 0 Å². The van der Waals surface area contributed by atoms with E-state index in [0.29, 0.717) is 5.69 Å². The number of nitrogens with two attached hydrogens (primary N) is 1. The normalized spacial score (nSPS) is 13.4. The summed E-state index contributed by atoms with van der Waals surface area (Å²) in [6.07, 6.45) is -2.57. The fraction of sp³-hybridized carbons (Fsp3) is 0.556. The zero-order valence-electron chi connectivity index (χ0n) is 9.16. The molecule has 1 unspecified atom stereocenters. The minimum Gasteiger partial charge on any atom is -0.396 e. The van der Waals surface area contributed by atoms with E-state index in [1.54, 1.807) is 0 Å². The zero-order valence-corrected chi connectivity index (χ0v) is 9.16. The molecule has 1 rings (SSSR count). The van der Waals surface area contributed by atoms with Crippen molar-refractivity contribution in [2.45, 2.75) is 32.1 Å². The highest BCUT2D eigenvalue weighted by Crippen LogP contribution is 2.21. The van der Waals surface area contributed by atoms with Crippen LogP contribution >= 0.6 is 0 Å². The summed E-state index contributed by atoms with van der Waals surface area (Å²) >= 11 is 0. The average Bonchev–Trinajstić information content (AvgIpc) is 2.46. The third-order valence-corrected chi connectivity index (χ3v) is 1.90. The Morgan fingerprint density at radius 3 is 2.76 bits per heavy atom. The van der Waals surface area contributed by atoms with E-state index in [1.165, 1.54) is 24.0 Å². The van der Waals surface area contributed by atoms with Gasteiger partial charge in [-0.3, -0.25) is 9.48 Å². The largest absolute Gasteiger partial charge is 0.396 e. The van der Waals surface area contributed by atoms with Crippen LogP contribution in [-0.4, -0.2) is 27.9 Å². The van der Waals surface area contributed by atoms with E-state index >= 15 is 0 Å². The topological polar surface area (TPSA) is 72.9 Å². The number of amides is 1. The summed E-state index contributed by atoms with van der Waals surface area (Å²) in [7, 11) is 0. The first kappa shape index (κ1) is 13.3. The molecule has 0 aliphatic carbocycles. The van der Waals surface area contributed by atoms with Crippen molar-refractivity contribution < 1.29 is 18.0 Å². The number of alkyl halides is 3. The molecule has 5 nitrogen and oxygen atoms in total. The highest BCUT2D eigenvalue weighted by atomic mass is 19.4. The van der Waals surface area contributed by atoms with E-state index in [4.69, 9.17) is 5.73 Å². The van der Waals surface area contributed by atoms with Crippen LogP contribution in [0.2, 0.25) is 0 Å². The lowest BCUT2D eigenvalue weighted by molar-refractivity contribution is -0.141. The summed E-state index contributed by atoms with van der Waals surface area (Å²) in [5.41, 5.74) is 5.76. The van der Waals surface area contributed by atoms with E-state index < -0.39 is 24.5 Å². The molecule has 1 aromatic rings. The van der Waals surface area contributed by atoms with Crippen molar-refractivity contribution in [3.05, 3.63) is 12.4 Å². The van der Waals surface area contributed by atoms with Crippen molar-refractivity contribution >= 4 is 11.6 Å². The molecule has 0 radical (unpaired) electrons. The van der Waals surface area contributed by atoms with Gasteiger partial charge in [0.1, 0.15) is 6.54 Å². The van der Waals surface area contributed by atoms with E-state index in [-0.39, 0.29) is 6.54 Å². The third-order valence-electron chi connectivity index (χ3n) is 1.90. The molecule has 1 atom stereocenters. The van der Waals surface area contributed by atoms with Crippen molar-refractivity contribution in [3.63, 3.8) is 0 Å². The summed E-state index contributed by atoms with van der Waals surface area (Å²) in [6, 6.07) is -0.963. The van der Waals surface area contributed by atoms with Crippen molar-refractivity contribution in [1.29, 1.82) is 0 Å². The maximum atomic E-state index is 12.0. The Morgan fingerprint density at radius 2 is 2.29 bits per heavy atom. The first-order chi connectivity index (χ1) is 7.76. The molecule has 0 saturated heterocycles. The second-order valence-corrected chi connectivity index (χ2v) is 3.76. The second kappa shape index (κ2) is 5.07. The van der Waals surface area contributed by atoms with Gasteiger partial charge in [0.15, 0.2) is 0 Å². The molecule has 0 fully saturated rings. The summed E-state index contributed by atoms with van der Waals surface area (Å²) in [5, 5.41) is 5.98. The number of carbonyl (C=O) groups excluding carboxylic acids is 1. The van der Waals surface area contributed by atoms with Gasteiger partial charge in [-0.1, -0.05) is 0 Å². The molecular weight excluding hydrogens is 237 g/mol. The zero-order chi connectivity index (χ0) is 13.1. The van der Waals surface area contributed by atoms with Crippen molar-refractivity contribution in [2.24, 2.45) is 0 Å². The second-order valence-electron chi connectivity index (χ2n) is 3.76. The molecule has 3 N–H and O–H groups in total. The predicted molar refractivity (Wildman–Crippen MR) is 54.9 cm³/mol. The van der Waals surface area contributed by atoms with E-state index in [1.807, 2.05) is 0 Å². The molecule has 96 valence electrons. The lowest BCUT2D eigenvalue weighted by atomic mass is 10.2. The molecule has 0 bridgehead atoms. The number of rotatable bonds is 4. The van der Waals surface area contributed by atoms with Crippen LogP contribution in [0.25, 0.3) is 0 Å². The molecular formula is C9H13F3N4O. The molecule has 8 heteroatoms. The van der Waals surface area contributed by atoms with Gasteiger partial charge in [-0.2, -0.15) is 18.3 Å². The molecule has 0 aliphatic rings. The first-order valence-electron chi connectivity index (χ1n) is 4.90. The number of nitrogens with one attached hydrogen (secondary N) is 1. The van der Waals surface area contributed by atoms with Crippen LogP contribution in [0.15, 0.2) is 12.4 Å². The Balaban J connectivity index is 2.39. The Morgan fingerprint density at radius 1 is 1.65 bits per heavy atom. The monoisotopic (exact) mass is 250 g/mol.